The van der Waals surface area contributed by atoms with Gasteiger partial charge in [0, 0.05) is 18.1 Å². The van der Waals surface area contributed by atoms with E-state index in [1.54, 1.807) is 6.07 Å². The molecule has 0 unspecified atom stereocenters. The average Bonchev–Trinajstić information content (AvgIpc) is 3.00. The standard InChI is InChI=1S/C18H15NO2/c1-13-7-9-14(10-8-13)11-17(20)18-12-16(19-21-18)15-5-3-2-4-6-15/h2-10,12H,11H2,1H3. The molecular weight excluding hydrogens is 262 g/mol. The summed E-state index contributed by atoms with van der Waals surface area (Å²) < 4.78 is 5.18. The third-order valence-electron chi connectivity index (χ3n) is 3.34. The summed E-state index contributed by atoms with van der Waals surface area (Å²) in [6.07, 6.45) is 0.323. The molecule has 0 aliphatic carbocycles. The van der Waals surface area contributed by atoms with Crippen LogP contribution in [0.2, 0.25) is 0 Å². The third-order valence-corrected chi connectivity index (χ3v) is 3.34. The van der Waals surface area contributed by atoms with Crippen molar-refractivity contribution in [3.8, 4) is 11.3 Å². The van der Waals surface area contributed by atoms with Crippen molar-refractivity contribution in [1.82, 2.24) is 5.16 Å². The molecule has 0 atom stereocenters. The van der Waals surface area contributed by atoms with Crippen LogP contribution in [-0.2, 0) is 6.42 Å². The van der Waals surface area contributed by atoms with Crippen LogP contribution in [0.5, 0.6) is 0 Å². The summed E-state index contributed by atoms with van der Waals surface area (Å²) in [4.78, 5) is 12.2. The number of aryl methyl sites for hydroxylation is 1. The van der Waals surface area contributed by atoms with Gasteiger partial charge in [0.15, 0.2) is 0 Å². The van der Waals surface area contributed by atoms with Crippen molar-refractivity contribution in [2.75, 3.05) is 0 Å². The Morgan fingerprint density at radius 1 is 1.05 bits per heavy atom. The summed E-state index contributed by atoms with van der Waals surface area (Å²) in [5, 5.41) is 3.97. The van der Waals surface area contributed by atoms with E-state index in [1.165, 1.54) is 5.56 Å². The zero-order valence-corrected chi connectivity index (χ0v) is 11.7. The minimum absolute atomic E-state index is 0.0615. The van der Waals surface area contributed by atoms with Gasteiger partial charge in [-0.25, -0.2) is 0 Å². The van der Waals surface area contributed by atoms with Crippen molar-refractivity contribution >= 4 is 5.78 Å². The molecule has 1 aromatic heterocycles. The number of aromatic nitrogens is 1. The van der Waals surface area contributed by atoms with E-state index in [0.29, 0.717) is 17.9 Å². The molecular formula is C18H15NO2. The van der Waals surface area contributed by atoms with Crippen LogP contribution in [-0.4, -0.2) is 10.9 Å². The van der Waals surface area contributed by atoms with Gasteiger partial charge in [0.2, 0.25) is 11.5 Å². The van der Waals surface area contributed by atoms with Crippen LogP contribution in [0, 0.1) is 6.92 Å². The second-order valence-corrected chi connectivity index (χ2v) is 5.03. The van der Waals surface area contributed by atoms with E-state index in [4.69, 9.17) is 4.52 Å². The van der Waals surface area contributed by atoms with Gasteiger partial charge in [-0.2, -0.15) is 0 Å². The van der Waals surface area contributed by atoms with E-state index in [-0.39, 0.29) is 5.78 Å². The maximum Gasteiger partial charge on any atom is 0.205 e. The topological polar surface area (TPSA) is 43.1 Å². The minimum Gasteiger partial charge on any atom is -0.352 e. The van der Waals surface area contributed by atoms with Crippen LogP contribution in [0.15, 0.2) is 65.2 Å². The van der Waals surface area contributed by atoms with Crippen molar-refractivity contribution in [3.63, 3.8) is 0 Å². The van der Waals surface area contributed by atoms with Gasteiger partial charge in [-0.1, -0.05) is 65.3 Å². The molecule has 0 saturated carbocycles. The van der Waals surface area contributed by atoms with Gasteiger partial charge in [0.25, 0.3) is 0 Å². The van der Waals surface area contributed by atoms with Gasteiger partial charge in [-0.3, -0.25) is 4.79 Å². The van der Waals surface area contributed by atoms with E-state index >= 15 is 0 Å². The van der Waals surface area contributed by atoms with Crippen LogP contribution in [0.4, 0.5) is 0 Å². The summed E-state index contributed by atoms with van der Waals surface area (Å²) in [7, 11) is 0. The van der Waals surface area contributed by atoms with E-state index in [9.17, 15) is 4.79 Å². The number of rotatable bonds is 4. The Hall–Kier alpha value is -2.68. The molecule has 3 rings (SSSR count). The smallest absolute Gasteiger partial charge is 0.205 e. The highest BCUT2D eigenvalue weighted by molar-refractivity contribution is 5.95. The first-order chi connectivity index (χ1) is 10.2. The van der Waals surface area contributed by atoms with Crippen molar-refractivity contribution < 1.29 is 9.32 Å². The van der Waals surface area contributed by atoms with E-state index in [0.717, 1.165) is 11.1 Å². The number of nitrogens with zero attached hydrogens (tertiary/aromatic N) is 1. The van der Waals surface area contributed by atoms with Gasteiger partial charge in [0.05, 0.1) is 0 Å². The lowest BCUT2D eigenvalue weighted by atomic mass is 10.1. The van der Waals surface area contributed by atoms with Gasteiger partial charge < -0.3 is 4.52 Å². The molecule has 0 fully saturated rings. The Morgan fingerprint density at radius 2 is 1.76 bits per heavy atom. The Morgan fingerprint density at radius 3 is 2.48 bits per heavy atom. The van der Waals surface area contributed by atoms with Crippen molar-refractivity contribution in [1.29, 1.82) is 0 Å². The summed E-state index contributed by atoms with van der Waals surface area (Å²) in [6.45, 7) is 2.02. The molecule has 0 aliphatic rings. The normalized spacial score (nSPS) is 10.5. The van der Waals surface area contributed by atoms with E-state index in [1.807, 2.05) is 61.5 Å². The Labute approximate surface area is 123 Å². The number of benzene rings is 2. The fourth-order valence-electron chi connectivity index (χ4n) is 2.13. The summed E-state index contributed by atoms with van der Waals surface area (Å²) in [6, 6.07) is 19.3. The monoisotopic (exact) mass is 277 g/mol. The van der Waals surface area contributed by atoms with E-state index in [2.05, 4.69) is 5.16 Å². The van der Waals surface area contributed by atoms with Gasteiger partial charge in [0.1, 0.15) is 5.69 Å². The highest BCUT2D eigenvalue weighted by Crippen LogP contribution is 2.19. The molecule has 0 N–H and O–H groups in total. The first kappa shape index (κ1) is 13.3. The highest BCUT2D eigenvalue weighted by atomic mass is 16.5. The fraction of sp³-hybridized carbons (Fsp3) is 0.111. The first-order valence-corrected chi connectivity index (χ1v) is 6.83. The summed E-state index contributed by atoms with van der Waals surface area (Å²) >= 11 is 0. The second kappa shape index (κ2) is 5.75. The molecule has 3 aromatic rings. The van der Waals surface area contributed by atoms with Crippen molar-refractivity contribution in [2.24, 2.45) is 0 Å². The zero-order valence-electron chi connectivity index (χ0n) is 11.7. The third kappa shape index (κ3) is 3.08. The van der Waals surface area contributed by atoms with Crippen LogP contribution >= 0.6 is 0 Å². The predicted molar refractivity (Wildman–Crippen MR) is 81.2 cm³/mol. The molecule has 3 heteroatoms. The number of hydrogen-bond donors (Lipinski definition) is 0. The summed E-state index contributed by atoms with van der Waals surface area (Å²) in [5.41, 5.74) is 3.78. The number of Topliss-reactive ketones (excluding diaryl/α,β-unsaturated/α-hetero) is 1. The maximum atomic E-state index is 12.2. The van der Waals surface area contributed by atoms with Crippen molar-refractivity contribution in [3.05, 3.63) is 77.6 Å². The molecule has 2 aromatic carbocycles. The number of hydrogen-bond acceptors (Lipinski definition) is 3. The predicted octanol–water partition coefficient (Wildman–Crippen LogP) is 4.08. The molecule has 0 radical (unpaired) electrons. The summed E-state index contributed by atoms with van der Waals surface area (Å²) in [5.74, 6) is 0.239. The fourth-order valence-corrected chi connectivity index (χ4v) is 2.13. The second-order valence-electron chi connectivity index (χ2n) is 5.03. The molecule has 0 spiro atoms. The minimum atomic E-state index is -0.0615. The first-order valence-electron chi connectivity index (χ1n) is 6.83. The molecule has 0 bridgehead atoms. The highest BCUT2D eigenvalue weighted by Gasteiger charge is 2.14. The molecule has 0 amide bonds. The molecule has 104 valence electrons. The Balaban J connectivity index is 1.77. The largest absolute Gasteiger partial charge is 0.352 e. The van der Waals surface area contributed by atoms with Crippen LogP contribution in [0.25, 0.3) is 11.3 Å². The Bertz CT molecular complexity index is 742. The quantitative estimate of drug-likeness (QED) is 0.675. The molecule has 1 heterocycles. The van der Waals surface area contributed by atoms with Crippen LogP contribution in [0.1, 0.15) is 21.7 Å². The number of carbonyl (C=O) groups is 1. The lowest BCUT2D eigenvalue weighted by molar-refractivity contribution is 0.0957. The maximum absolute atomic E-state index is 12.2. The molecule has 0 aliphatic heterocycles. The number of ketones is 1. The lowest BCUT2D eigenvalue weighted by Crippen LogP contribution is -2.01. The van der Waals surface area contributed by atoms with Gasteiger partial charge >= 0.3 is 0 Å². The molecule has 3 nitrogen and oxygen atoms in total. The Kier molecular flexibility index (Phi) is 3.65. The number of carbonyl (C=O) groups excluding carboxylic acids is 1. The van der Waals surface area contributed by atoms with Crippen LogP contribution < -0.4 is 0 Å². The lowest BCUT2D eigenvalue weighted by Gasteiger charge is -1.98. The van der Waals surface area contributed by atoms with Crippen LogP contribution in [0.3, 0.4) is 0 Å². The van der Waals surface area contributed by atoms with Crippen molar-refractivity contribution in [2.45, 2.75) is 13.3 Å². The van der Waals surface area contributed by atoms with E-state index < -0.39 is 0 Å². The van der Waals surface area contributed by atoms with Gasteiger partial charge in [-0.05, 0) is 12.5 Å². The molecule has 21 heavy (non-hydrogen) atoms. The SMILES string of the molecule is Cc1ccc(CC(=O)c2cc(-c3ccccc3)no2)cc1. The average molecular weight is 277 g/mol. The zero-order chi connectivity index (χ0) is 14.7. The molecule has 0 saturated heterocycles. The van der Waals surface area contributed by atoms with Gasteiger partial charge in [-0.15, -0.1) is 0 Å².